The third-order valence-electron chi connectivity index (χ3n) is 3.14. The first-order valence-electron chi connectivity index (χ1n) is 6.15. The second kappa shape index (κ2) is 5.20. The molecule has 18 heavy (non-hydrogen) atoms. The maximum Gasteiger partial charge on any atom is 0.227 e. The Hall–Kier alpha value is -1.20. The van der Waals surface area contributed by atoms with Gasteiger partial charge in [0.05, 0.1) is 22.7 Å². The van der Waals surface area contributed by atoms with E-state index >= 15 is 0 Å². The average molecular weight is 265 g/mol. The second-order valence-electron chi connectivity index (χ2n) is 4.80. The van der Waals surface area contributed by atoms with E-state index in [2.05, 4.69) is 10.3 Å². The van der Waals surface area contributed by atoms with Crippen molar-refractivity contribution in [1.82, 2.24) is 10.3 Å². The Balaban J connectivity index is 1.99. The topological polar surface area (TPSA) is 68.0 Å². The van der Waals surface area contributed by atoms with Crippen molar-refractivity contribution in [2.24, 2.45) is 11.7 Å². The van der Waals surface area contributed by atoms with E-state index in [4.69, 9.17) is 5.73 Å². The summed E-state index contributed by atoms with van der Waals surface area (Å²) < 4.78 is 0. The zero-order chi connectivity index (χ0) is 13.3. The summed E-state index contributed by atoms with van der Waals surface area (Å²) in [5.74, 6) is -0.0334. The fourth-order valence-corrected chi connectivity index (χ4v) is 3.19. The first-order chi connectivity index (χ1) is 8.47. The first-order valence-corrected chi connectivity index (χ1v) is 6.97. The molecule has 1 amide bonds. The van der Waals surface area contributed by atoms with Crippen LogP contribution in [0.3, 0.4) is 0 Å². The van der Waals surface area contributed by atoms with Gasteiger partial charge < -0.3 is 11.1 Å². The predicted octanol–water partition coefficient (Wildman–Crippen LogP) is 1.84. The zero-order valence-electron chi connectivity index (χ0n) is 10.9. The molecule has 0 aromatic carbocycles. The van der Waals surface area contributed by atoms with Crippen molar-refractivity contribution in [3.8, 4) is 0 Å². The van der Waals surface area contributed by atoms with Gasteiger partial charge in [0.15, 0.2) is 0 Å². The van der Waals surface area contributed by atoms with E-state index in [-0.39, 0.29) is 23.9 Å². The van der Waals surface area contributed by atoms with Gasteiger partial charge in [-0.2, -0.15) is 0 Å². The summed E-state index contributed by atoms with van der Waals surface area (Å²) in [7, 11) is 0. The lowest BCUT2D eigenvalue weighted by molar-refractivity contribution is -0.124. The third kappa shape index (κ3) is 2.79. The molecule has 1 aliphatic carbocycles. The maximum absolute atomic E-state index is 12.1. The van der Waals surface area contributed by atoms with E-state index in [0.717, 1.165) is 15.6 Å². The van der Waals surface area contributed by atoms with Gasteiger partial charge in [-0.15, -0.1) is 11.3 Å². The molecule has 1 heterocycles. The molecule has 0 saturated carbocycles. The van der Waals surface area contributed by atoms with Crippen molar-refractivity contribution in [3.05, 3.63) is 27.7 Å². The molecule has 0 saturated heterocycles. The smallest absolute Gasteiger partial charge is 0.227 e. The van der Waals surface area contributed by atoms with Gasteiger partial charge in [0.25, 0.3) is 0 Å². The molecule has 1 aliphatic rings. The number of nitrogens with two attached hydrogens (primary N) is 1. The molecule has 1 aromatic heterocycles. The lowest BCUT2D eigenvalue weighted by Crippen LogP contribution is -2.32. The molecule has 1 aromatic rings. The number of thiazole rings is 1. The van der Waals surface area contributed by atoms with E-state index in [1.807, 2.05) is 32.9 Å². The molecular weight excluding hydrogens is 246 g/mol. The molecule has 0 aliphatic heterocycles. The van der Waals surface area contributed by atoms with Crippen LogP contribution in [0.5, 0.6) is 0 Å². The van der Waals surface area contributed by atoms with Crippen LogP contribution in [0.15, 0.2) is 12.2 Å². The van der Waals surface area contributed by atoms with Gasteiger partial charge in [-0.3, -0.25) is 4.79 Å². The lowest BCUT2D eigenvalue weighted by atomic mass is 10.1. The second-order valence-corrected chi connectivity index (χ2v) is 6.04. The SMILES string of the molecule is Cc1nc(C)c(C(C)NC(=O)C2C=CC(N)C2)s1. The molecule has 0 bridgehead atoms. The monoisotopic (exact) mass is 265 g/mol. The minimum absolute atomic E-state index is 0.00826. The van der Waals surface area contributed by atoms with E-state index in [0.29, 0.717) is 6.42 Å². The summed E-state index contributed by atoms with van der Waals surface area (Å²) in [6.07, 6.45) is 4.51. The number of hydrogen-bond donors (Lipinski definition) is 2. The van der Waals surface area contributed by atoms with Crippen LogP contribution in [0.25, 0.3) is 0 Å². The Bertz CT molecular complexity index is 481. The molecule has 2 rings (SSSR count). The van der Waals surface area contributed by atoms with Crippen molar-refractivity contribution >= 4 is 17.2 Å². The van der Waals surface area contributed by atoms with Gasteiger partial charge >= 0.3 is 0 Å². The number of amides is 1. The molecule has 98 valence electrons. The molecule has 3 atom stereocenters. The molecular formula is C13H19N3OS. The third-order valence-corrected chi connectivity index (χ3v) is 4.40. The molecule has 0 radical (unpaired) electrons. The number of nitrogens with one attached hydrogen (secondary N) is 1. The molecule has 3 N–H and O–H groups in total. The van der Waals surface area contributed by atoms with Gasteiger partial charge in [0.2, 0.25) is 5.91 Å². The van der Waals surface area contributed by atoms with Crippen LogP contribution >= 0.6 is 11.3 Å². The minimum atomic E-state index is -0.0863. The van der Waals surface area contributed by atoms with E-state index in [1.54, 1.807) is 11.3 Å². The first kappa shape index (κ1) is 13.2. The van der Waals surface area contributed by atoms with Crippen LogP contribution in [-0.4, -0.2) is 16.9 Å². The van der Waals surface area contributed by atoms with Gasteiger partial charge in [0, 0.05) is 10.9 Å². The Morgan fingerprint density at radius 3 is 2.78 bits per heavy atom. The largest absolute Gasteiger partial charge is 0.348 e. The van der Waals surface area contributed by atoms with Gasteiger partial charge in [-0.1, -0.05) is 12.2 Å². The highest BCUT2D eigenvalue weighted by Gasteiger charge is 2.24. The highest BCUT2D eigenvalue weighted by Crippen LogP contribution is 2.25. The quantitative estimate of drug-likeness (QED) is 0.819. The number of nitrogens with zero attached hydrogens (tertiary/aromatic N) is 1. The van der Waals surface area contributed by atoms with Crippen molar-refractivity contribution in [3.63, 3.8) is 0 Å². The molecule has 0 fully saturated rings. The normalized spacial score (nSPS) is 24.2. The van der Waals surface area contributed by atoms with Gasteiger partial charge in [-0.05, 0) is 27.2 Å². The number of aryl methyl sites for hydroxylation is 2. The Morgan fingerprint density at radius 2 is 2.28 bits per heavy atom. The highest BCUT2D eigenvalue weighted by atomic mass is 32.1. The molecule has 0 spiro atoms. The number of carbonyl (C=O) groups excluding carboxylic acids is 1. The van der Waals surface area contributed by atoms with Crippen LogP contribution in [0.4, 0.5) is 0 Å². The van der Waals surface area contributed by atoms with Crippen LogP contribution in [0.2, 0.25) is 0 Å². The number of hydrogen-bond acceptors (Lipinski definition) is 4. The van der Waals surface area contributed by atoms with E-state index in [9.17, 15) is 4.79 Å². The van der Waals surface area contributed by atoms with Crippen LogP contribution in [-0.2, 0) is 4.79 Å². The summed E-state index contributed by atoms with van der Waals surface area (Å²) in [4.78, 5) is 17.6. The lowest BCUT2D eigenvalue weighted by Gasteiger charge is -2.16. The van der Waals surface area contributed by atoms with Crippen molar-refractivity contribution < 1.29 is 4.79 Å². The number of aromatic nitrogens is 1. The highest BCUT2D eigenvalue weighted by molar-refractivity contribution is 7.11. The Kier molecular flexibility index (Phi) is 3.82. The molecule has 4 nitrogen and oxygen atoms in total. The number of rotatable bonds is 3. The van der Waals surface area contributed by atoms with Crippen molar-refractivity contribution in [2.75, 3.05) is 0 Å². The Morgan fingerprint density at radius 1 is 1.56 bits per heavy atom. The average Bonchev–Trinajstić information content (AvgIpc) is 2.84. The standard InChI is InChI=1S/C13H19N3OS/c1-7-12(18-9(3)15-7)8(2)16-13(17)10-4-5-11(14)6-10/h4-5,8,10-11H,6,14H2,1-3H3,(H,16,17). The summed E-state index contributed by atoms with van der Waals surface area (Å²) in [5.41, 5.74) is 6.76. The minimum Gasteiger partial charge on any atom is -0.348 e. The van der Waals surface area contributed by atoms with Crippen molar-refractivity contribution in [1.29, 1.82) is 0 Å². The molecule has 3 unspecified atom stereocenters. The van der Waals surface area contributed by atoms with Crippen molar-refractivity contribution in [2.45, 2.75) is 39.3 Å². The molecule has 5 heteroatoms. The fraction of sp³-hybridized carbons (Fsp3) is 0.538. The van der Waals surface area contributed by atoms with E-state index < -0.39 is 0 Å². The van der Waals surface area contributed by atoms with Crippen LogP contribution < -0.4 is 11.1 Å². The van der Waals surface area contributed by atoms with Crippen LogP contribution in [0.1, 0.15) is 35.0 Å². The Labute approximate surface area is 111 Å². The van der Waals surface area contributed by atoms with Gasteiger partial charge in [0.1, 0.15) is 0 Å². The van der Waals surface area contributed by atoms with Gasteiger partial charge in [-0.25, -0.2) is 4.98 Å². The predicted molar refractivity (Wildman–Crippen MR) is 73.4 cm³/mol. The van der Waals surface area contributed by atoms with E-state index in [1.165, 1.54) is 0 Å². The summed E-state index contributed by atoms with van der Waals surface area (Å²) in [6.45, 7) is 5.96. The number of carbonyl (C=O) groups is 1. The zero-order valence-corrected chi connectivity index (χ0v) is 11.8. The summed E-state index contributed by atoms with van der Waals surface area (Å²) in [5, 5.41) is 4.07. The van der Waals surface area contributed by atoms with Crippen LogP contribution in [0, 0.1) is 19.8 Å². The maximum atomic E-state index is 12.1. The summed E-state index contributed by atoms with van der Waals surface area (Å²) in [6, 6.07) is 0.0253. The fourth-order valence-electron chi connectivity index (χ4n) is 2.26. The summed E-state index contributed by atoms with van der Waals surface area (Å²) >= 11 is 1.64.